The molecule has 0 saturated carbocycles. The Morgan fingerprint density at radius 1 is 1.00 bits per heavy atom. The maximum absolute atomic E-state index is 12.3. The van der Waals surface area contributed by atoms with Crippen molar-refractivity contribution in [3.63, 3.8) is 0 Å². The third-order valence-electron chi connectivity index (χ3n) is 5.86. The first kappa shape index (κ1) is 36.9. The lowest BCUT2D eigenvalue weighted by Crippen LogP contribution is -2.29. The van der Waals surface area contributed by atoms with Crippen LogP contribution in [0.3, 0.4) is 0 Å². The van der Waals surface area contributed by atoms with Gasteiger partial charge in [0.25, 0.3) is 0 Å². The molecule has 2 aromatic heterocycles. The van der Waals surface area contributed by atoms with Gasteiger partial charge in [-0.05, 0) is 49.7 Å². The monoisotopic (exact) mass is 597 g/mol. The Kier molecular flexibility index (Phi) is 19.3. The maximum atomic E-state index is 12.3. The van der Waals surface area contributed by atoms with Crippen molar-refractivity contribution in [2.75, 3.05) is 50.6 Å². The number of hydrogen-bond donors (Lipinski definition) is 3. The van der Waals surface area contributed by atoms with Gasteiger partial charge in [-0.3, -0.25) is 9.89 Å². The second-order valence-electron chi connectivity index (χ2n) is 8.56. The standard InChI is InChI=1S/C21H30N6O2.C7H6FNO.2C2H6/c1-4-16-13-20(26-25-16)24-21-18-8-7-17(14-19(18)22-15-23-21)29-11-6-9-27(5-2)10-12-28-3;8-6-2-1-3-7(4-6)9-5-10;2*1-2/h7-8,13-15H,4-6,9-12H2,1-3H3,(H2,22,23,24,25,26);1-5H,(H,9,10);2*1-2H3. The predicted octanol–water partition coefficient (Wildman–Crippen LogP) is 6.84. The summed E-state index contributed by atoms with van der Waals surface area (Å²) in [6, 6.07) is 13.6. The van der Waals surface area contributed by atoms with Gasteiger partial charge >= 0.3 is 0 Å². The lowest BCUT2D eigenvalue weighted by Gasteiger charge is -2.19. The van der Waals surface area contributed by atoms with Crippen molar-refractivity contribution in [2.45, 2.75) is 54.4 Å². The number of H-pyrrole nitrogens is 1. The van der Waals surface area contributed by atoms with Crippen LogP contribution in [-0.4, -0.2) is 71.4 Å². The molecule has 0 saturated heterocycles. The molecule has 3 N–H and O–H groups in total. The normalized spacial score (nSPS) is 9.98. The minimum atomic E-state index is -0.355. The molecule has 0 aliphatic carbocycles. The Labute approximate surface area is 255 Å². The second-order valence-corrected chi connectivity index (χ2v) is 8.56. The zero-order valence-corrected chi connectivity index (χ0v) is 26.6. The highest BCUT2D eigenvalue weighted by molar-refractivity contribution is 5.91. The summed E-state index contributed by atoms with van der Waals surface area (Å²) in [5.74, 6) is 1.94. The number of aromatic nitrogens is 4. The van der Waals surface area contributed by atoms with E-state index in [9.17, 15) is 9.18 Å². The van der Waals surface area contributed by atoms with Crippen molar-refractivity contribution in [2.24, 2.45) is 0 Å². The molecule has 0 spiro atoms. The Hall–Kier alpha value is -4.09. The SMILES string of the molecule is CC.CC.CCc1cc(Nc2ncnc3cc(OCCCN(CC)CCOC)ccc23)n[nH]1.O=CNc1cccc(F)c1. The van der Waals surface area contributed by atoms with Crippen molar-refractivity contribution in [1.82, 2.24) is 25.1 Å². The number of halogens is 1. The molecular weight excluding hydrogens is 549 g/mol. The van der Waals surface area contributed by atoms with Gasteiger partial charge in [0.15, 0.2) is 5.82 Å². The third kappa shape index (κ3) is 13.6. The quantitative estimate of drug-likeness (QED) is 0.107. The summed E-state index contributed by atoms with van der Waals surface area (Å²) in [7, 11) is 1.73. The molecule has 0 atom stereocenters. The molecule has 0 radical (unpaired) electrons. The lowest BCUT2D eigenvalue weighted by molar-refractivity contribution is -0.105. The fourth-order valence-electron chi connectivity index (χ4n) is 3.73. The summed E-state index contributed by atoms with van der Waals surface area (Å²) >= 11 is 0. The number of amides is 1. The largest absolute Gasteiger partial charge is 0.493 e. The van der Waals surface area contributed by atoms with Gasteiger partial charge in [0.2, 0.25) is 6.41 Å². The topological polar surface area (TPSA) is 117 Å². The van der Waals surface area contributed by atoms with Gasteiger partial charge in [0.1, 0.15) is 23.7 Å². The molecule has 0 fully saturated rings. The van der Waals surface area contributed by atoms with E-state index >= 15 is 0 Å². The summed E-state index contributed by atoms with van der Waals surface area (Å²) < 4.78 is 23.4. The molecular formula is C32H48FN7O3. The fraction of sp³-hybridized carbons (Fsp3) is 0.438. The first-order chi connectivity index (χ1) is 21.1. The van der Waals surface area contributed by atoms with Crippen LogP contribution in [0.4, 0.5) is 21.7 Å². The second kappa shape index (κ2) is 22.5. The summed E-state index contributed by atoms with van der Waals surface area (Å²) in [5, 5.41) is 13.8. The zero-order valence-electron chi connectivity index (χ0n) is 26.6. The van der Waals surface area contributed by atoms with E-state index in [-0.39, 0.29) is 5.82 Å². The highest BCUT2D eigenvalue weighted by Crippen LogP contribution is 2.26. The van der Waals surface area contributed by atoms with E-state index in [1.54, 1.807) is 19.5 Å². The van der Waals surface area contributed by atoms with E-state index in [0.717, 1.165) is 73.1 Å². The van der Waals surface area contributed by atoms with Crippen LogP contribution < -0.4 is 15.4 Å². The number of nitrogens with one attached hydrogen (secondary N) is 3. The van der Waals surface area contributed by atoms with E-state index in [0.29, 0.717) is 18.7 Å². The van der Waals surface area contributed by atoms with Gasteiger partial charge in [0, 0.05) is 49.1 Å². The van der Waals surface area contributed by atoms with Crippen LogP contribution in [-0.2, 0) is 16.0 Å². The van der Waals surface area contributed by atoms with Crippen molar-refractivity contribution < 1.29 is 18.7 Å². The molecule has 0 aliphatic heterocycles. The number of carbonyl (C=O) groups is 1. The number of nitrogens with zero attached hydrogens (tertiary/aromatic N) is 4. The van der Waals surface area contributed by atoms with Crippen LogP contribution in [0.25, 0.3) is 10.9 Å². The van der Waals surface area contributed by atoms with Gasteiger partial charge in [0.05, 0.1) is 18.7 Å². The van der Waals surface area contributed by atoms with E-state index in [4.69, 9.17) is 9.47 Å². The Morgan fingerprint density at radius 2 is 1.79 bits per heavy atom. The van der Waals surface area contributed by atoms with E-state index in [1.165, 1.54) is 18.2 Å². The van der Waals surface area contributed by atoms with Gasteiger partial charge in [-0.15, -0.1) is 0 Å². The fourth-order valence-corrected chi connectivity index (χ4v) is 3.73. The predicted molar refractivity (Wildman–Crippen MR) is 174 cm³/mol. The van der Waals surface area contributed by atoms with Crippen LogP contribution in [0.5, 0.6) is 5.75 Å². The molecule has 0 bridgehead atoms. The number of aromatic amines is 1. The Balaban J connectivity index is 0.000000552. The summed E-state index contributed by atoms with van der Waals surface area (Å²) in [6.45, 7) is 16.6. The molecule has 43 heavy (non-hydrogen) atoms. The number of ether oxygens (including phenoxy) is 2. The summed E-state index contributed by atoms with van der Waals surface area (Å²) in [6.07, 6.45) is 3.93. The average Bonchev–Trinajstić information content (AvgIpc) is 3.51. The third-order valence-corrected chi connectivity index (χ3v) is 5.86. The number of rotatable bonds is 14. The summed E-state index contributed by atoms with van der Waals surface area (Å²) in [5.41, 5.74) is 2.38. The van der Waals surface area contributed by atoms with Crippen LogP contribution >= 0.6 is 0 Å². The van der Waals surface area contributed by atoms with Crippen molar-refractivity contribution in [3.8, 4) is 5.75 Å². The first-order valence-corrected chi connectivity index (χ1v) is 14.9. The van der Waals surface area contributed by atoms with Crippen molar-refractivity contribution >= 4 is 34.6 Å². The molecule has 236 valence electrons. The van der Waals surface area contributed by atoms with Gasteiger partial charge in [-0.25, -0.2) is 14.4 Å². The van der Waals surface area contributed by atoms with Crippen LogP contribution in [0.15, 0.2) is 54.9 Å². The first-order valence-electron chi connectivity index (χ1n) is 14.9. The van der Waals surface area contributed by atoms with E-state index < -0.39 is 0 Å². The van der Waals surface area contributed by atoms with Gasteiger partial charge in [-0.2, -0.15) is 5.10 Å². The average molecular weight is 598 g/mol. The smallest absolute Gasteiger partial charge is 0.211 e. The molecule has 2 heterocycles. The number of aryl methyl sites for hydroxylation is 1. The maximum Gasteiger partial charge on any atom is 0.211 e. The van der Waals surface area contributed by atoms with Crippen molar-refractivity contribution in [3.05, 3.63) is 66.4 Å². The van der Waals surface area contributed by atoms with Crippen LogP contribution in [0.1, 0.15) is 53.7 Å². The molecule has 0 aliphatic rings. The minimum absolute atomic E-state index is 0.355. The molecule has 0 unspecified atom stereocenters. The number of fused-ring (bicyclic) bond motifs is 1. The Bertz CT molecular complexity index is 1300. The number of benzene rings is 2. The number of hydrogen-bond acceptors (Lipinski definition) is 8. The minimum Gasteiger partial charge on any atom is -0.493 e. The zero-order chi connectivity index (χ0) is 31.9. The molecule has 2 aromatic carbocycles. The molecule has 10 nitrogen and oxygen atoms in total. The number of carbonyl (C=O) groups excluding carboxylic acids is 1. The molecule has 11 heteroatoms. The van der Waals surface area contributed by atoms with Crippen LogP contribution in [0, 0.1) is 5.82 Å². The highest BCUT2D eigenvalue weighted by atomic mass is 19.1. The van der Waals surface area contributed by atoms with Gasteiger partial charge in [-0.1, -0.05) is 47.6 Å². The lowest BCUT2D eigenvalue weighted by atomic mass is 10.2. The van der Waals surface area contributed by atoms with E-state index in [2.05, 4.69) is 49.5 Å². The molecule has 1 amide bonds. The summed E-state index contributed by atoms with van der Waals surface area (Å²) in [4.78, 5) is 21.0. The highest BCUT2D eigenvalue weighted by Gasteiger charge is 2.08. The number of anilines is 3. The van der Waals surface area contributed by atoms with Crippen molar-refractivity contribution in [1.29, 1.82) is 0 Å². The molecule has 4 rings (SSSR count). The number of methoxy groups -OCH3 is 1. The van der Waals surface area contributed by atoms with Crippen LogP contribution in [0.2, 0.25) is 0 Å². The van der Waals surface area contributed by atoms with Gasteiger partial charge < -0.3 is 25.0 Å². The molecule has 4 aromatic rings. The van der Waals surface area contributed by atoms with E-state index in [1.807, 2.05) is 52.0 Å². The number of likely N-dealkylation sites (N-methyl/N-ethyl adjacent to an activating group) is 1. The Morgan fingerprint density at radius 3 is 2.44 bits per heavy atom.